The van der Waals surface area contributed by atoms with Crippen LogP contribution in [0.2, 0.25) is 0 Å². The highest BCUT2D eigenvalue weighted by Crippen LogP contribution is 1.96. The fourth-order valence-corrected chi connectivity index (χ4v) is 0.594. The average Bonchev–Trinajstić information content (AvgIpc) is 2.40. The zero-order valence-corrected chi connectivity index (χ0v) is 5.90. The molecular weight excluding hydrogens is 150 g/mol. The summed E-state index contributed by atoms with van der Waals surface area (Å²) in [5.74, 6) is 5.71. The maximum atomic E-state index is 5.00. The SMILES string of the molecule is NNC(=S)Nc1ccn[nH]1. The van der Waals surface area contributed by atoms with E-state index in [1.54, 1.807) is 12.3 Å². The largest absolute Gasteiger partial charge is 0.317 e. The lowest BCUT2D eigenvalue weighted by Gasteiger charge is -2.01. The third kappa shape index (κ3) is 1.67. The number of nitrogens with two attached hydrogens (primary N) is 1. The van der Waals surface area contributed by atoms with Gasteiger partial charge in [-0.2, -0.15) is 5.10 Å². The van der Waals surface area contributed by atoms with Crippen molar-refractivity contribution in [3.63, 3.8) is 0 Å². The highest BCUT2D eigenvalue weighted by molar-refractivity contribution is 7.80. The van der Waals surface area contributed by atoms with E-state index >= 15 is 0 Å². The Morgan fingerprint density at radius 2 is 2.60 bits per heavy atom. The highest BCUT2D eigenvalue weighted by Gasteiger charge is 1.92. The minimum Gasteiger partial charge on any atom is -0.317 e. The number of H-pyrrole nitrogens is 1. The van der Waals surface area contributed by atoms with Crippen LogP contribution in [0.3, 0.4) is 0 Å². The van der Waals surface area contributed by atoms with E-state index in [1.165, 1.54) is 0 Å². The lowest BCUT2D eigenvalue weighted by atomic mass is 10.6. The molecule has 5 nitrogen and oxygen atoms in total. The molecule has 0 bridgehead atoms. The summed E-state index contributed by atoms with van der Waals surface area (Å²) in [5, 5.41) is 9.45. The van der Waals surface area contributed by atoms with Crippen LogP contribution in [0.25, 0.3) is 0 Å². The number of rotatable bonds is 1. The van der Waals surface area contributed by atoms with Gasteiger partial charge in [0.2, 0.25) is 0 Å². The van der Waals surface area contributed by atoms with Crippen LogP contribution >= 0.6 is 12.2 Å². The second-order valence-corrected chi connectivity index (χ2v) is 1.98. The van der Waals surface area contributed by atoms with Crippen molar-refractivity contribution in [2.75, 3.05) is 5.32 Å². The van der Waals surface area contributed by atoms with Crippen molar-refractivity contribution in [2.45, 2.75) is 0 Å². The Hall–Kier alpha value is -1.14. The van der Waals surface area contributed by atoms with Crippen molar-refractivity contribution in [3.8, 4) is 0 Å². The summed E-state index contributed by atoms with van der Waals surface area (Å²) in [5.41, 5.74) is 2.28. The van der Waals surface area contributed by atoms with Gasteiger partial charge in [0.05, 0.1) is 6.20 Å². The predicted molar refractivity (Wildman–Crippen MR) is 42.1 cm³/mol. The number of aromatic nitrogens is 2. The molecule has 0 radical (unpaired) electrons. The van der Waals surface area contributed by atoms with Gasteiger partial charge in [0.1, 0.15) is 5.82 Å². The summed E-state index contributed by atoms with van der Waals surface area (Å²) in [6, 6.07) is 1.74. The standard InChI is InChI=1S/C4H7N5S/c5-8-4(10)7-3-1-2-6-9-3/h1-2H,5H2,(H3,6,7,8,9,10). The highest BCUT2D eigenvalue weighted by atomic mass is 32.1. The van der Waals surface area contributed by atoms with Gasteiger partial charge in [-0.3, -0.25) is 5.10 Å². The first-order chi connectivity index (χ1) is 4.83. The Morgan fingerprint density at radius 3 is 3.10 bits per heavy atom. The van der Waals surface area contributed by atoms with Gasteiger partial charge in [0.15, 0.2) is 5.11 Å². The maximum Gasteiger partial charge on any atom is 0.186 e. The van der Waals surface area contributed by atoms with Gasteiger partial charge >= 0.3 is 0 Å². The molecule has 0 aliphatic carbocycles. The molecule has 0 saturated carbocycles. The quantitative estimate of drug-likeness (QED) is 0.253. The van der Waals surface area contributed by atoms with Gasteiger partial charge in [-0.25, -0.2) is 5.84 Å². The Balaban J connectivity index is 2.48. The minimum atomic E-state index is 0.351. The first-order valence-corrected chi connectivity index (χ1v) is 3.00. The van der Waals surface area contributed by atoms with Crippen molar-refractivity contribution in [3.05, 3.63) is 12.3 Å². The van der Waals surface area contributed by atoms with Crippen LogP contribution in [0.4, 0.5) is 5.82 Å². The Morgan fingerprint density at radius 1 is 1.80 bits per heavy atom. The Kier molecular flexibility index (Phi) is 2.19. The molecule has 54 valence electrons. The number of thiocarbonyl (C=S) groups is 1. The van der Waals surface area contributed by atoms with Crippen LogP contribution in [0, 0.1) is 0 Å². The lowest BCUT2D eigenvalue weighted by Crippen LogP contribution is -2.34. The van der Waals surface area contributed by atoms with Gasteiger partial charge in [0, 0.05) is 6.07 Å². The zero-order chi connectivity index (χ0) is 7.40. The number of hydrogen-bond donors (Lipinski definition) is 4. The summed E-state index contributed by atoms with van der Waals surface area (Å²) in [7, 11) is 0. The van der Waals surface area contributed by atoms with Crippen LogP contribution in [0.15, 0.2) is 12.3 Å². The van der Waals surface area contributed by atoms with E-state index in [9.17, 15) is 0 Å². The molecule has 5 N–H and O–H groups in total. The third-order valence-corrected chi connectivity index (χ3v) is 1.10. The molecule has 0 aliphatic rings. The zero-order valence-electron chi connectivity index (χ0n) is 5.09. The van der Waals surface area contributed by atoms with E-state index in [4.69, 9.17) is 18.1 Å². The molecular formula is C4H7N5S. The van der Waals surface area contributed by atoms with E-state index in [-0.39, 0.29) is 0 Å². The molecule has 0 aliphatic heterocycles. The van der Waals surface area contributed by atoms with Gasteiger partial charge in [-0.05, 0) is 12.2 Å². The van der Waals surface area contributed by atoms with Crippen LogP contribution in [0.5, 0.6) is 0 Å². The number of anilines is 1. The smallest absolute Gasteiger partial charge is 0.186 e. The van der Waals surface area contributed by atoms with Crippen LogP contribution in [-0.2, 0) is 0 Å². The average molecular weight is 157 g/mol. The molecule has 0 spiro atoms. The van der Waals surface area contributed by atoms with Gasteiger partial charge < -0.3 is 10.7 Å². The molecule has 0 saturated heterocycles. The van der Waals surface area contributed by atoms with Crippen molar-refractivity contribution in [2.24, 2.45) is 5.84 Å². The molecule has 0 atom stereocenters. The first-order valence-electron chi connectivity index (χ1n) is 2.60. The van der Waals surface area contributed by atoms with Crippen molar-refractivity contribution in [1.29, 1.82) is 0 Å². The van der Waals surface area contributed by atoms with Crippen LogP contribution in [-0.4, -0.2) is 15.3 Å². The van der Waals surface area contributed by atoms with Crippen molar-refractivity contribution in [1.82, 2.24) is 15.6 Å². The van der Waals surface area contributed by atoms with Crippen LogP contribution in [0.1, 0.15) is 0 Å². The summed E-state index contributed by atoms with van der Waals surface area (Å²) >= 11 is 4.71. The molecule has 0 unspecified atom stereocenters. The molecule has 6 heteroatoms. The van der Waals surface area contributed by atoms with E-state index in [0.717, 1.165) is 0 Å². The summed E-state index contributed by atoms with van der Waals surface area (Å²) in [6.45, 7) is 0. The Bertz CT molecular complexity index is 205. The monoisotopic (exact) mass is 157 g/mol. The molecule has 1 heterocycles. The van der Waals surface area contributed by atoms with Gasteiger partial charge in [0.25, 0.3) is 0 Å². The molecule has 0 fully saturated rings. The third-order valence-electron chi connectivity index (χ3n) is 0.880. The normalized spacial score (nSPS) is 8.90. The second kappa shape index (κ2) is 3.14. The fourth-order valence-electron chi connectivity index (χ4n) is 0.484. The number of hydrogen-bond acceptors (Lipinski definition) is 3. The molecule has 1 aromatic rings. The van der Waals surface area contributed by atoms with E-state index in [1.807, 2.05) is 0 Å². The molecule has 1 aromatic heterocycles. The van der Waals surface area contributed by atoms with E-state index < -0.39 is 0 Å². The molecule has 1 rings (SSSR count). The topological polar surface area (TPSA) is 78.8 Å². The van der Waals surface area contributed by atoms with Crippen LogP contribution < -0.4 is 16.6 Å². The van der Waals surface area contributed by atoms with Crippen molar-refractivity contribution >= 4 is 23.1 Å². The predicted octanol–water partition coefficient (Wildman–Crippen LogP) is -0.430. The second-order valence-electron chi connectivity index (χ2n) is 1.57. The molecule has 0 aromatic carbocycles. The van der Waals surface area contributed by atoms with E-state index in [2.05, 4.69) is 20.9 Å². The number of nitrogens with zero attached hydrogens (tertiary/aromatic N) is 1. The first kappa shape index (κ1) is 6.97. The molecule has 10 heavy (non-hydrogen) atoms. The minimum absolute atomic E-state index is 0.351. The maximum absolute atomic E-state index is 5.00. The fraction of sp³-hybridized carbons (Fsp3) is 0. The lowest BCUT2D eigenvalue weighted by molar-refractivity contribution is 1.03. The Labute approximate surface area is 63.0 Å². The van der Waals surface area contributed by atoms with Crippen molar-refractivity contribution < 1.29 is 0 Å². The van der Waals surface area contributed by atoms with E-state index in [0.29, 0.717) is 10.9 Å². The number of nitrogens with one attached hydrogen (secondary N) is 3. The molecule has 0 amide bonds. The summed E-state index contributed by atoms with van der Waals surface area (Å²) < 4.78 is 0. The summed E-state index contributed by atoms with van der Waals surface area (Å²) in [4.78, 5) is 0. The number of aromatic amines is 1. The van der Waals surface area contributed by atoms with Gasteiger partial charge in [-0.15, -0.1) is 0 Å². The van der Waals surface area contributed by atoms with Gasteiger partial charge in [-0.1, -0.05) is 0 Å². The summed E-state index contributed by atoms with van der Waals surface area (Å²) in [6.07, 6.45) is 1.61. The number of hydrazine groups is 1.